The first-order chi connectivity index (χ1) is 9.42. The predicted octanol–water partition coefficient (Wildman–Crippen LogP) is 0.561. The highest BCUT2D eigenvalue weighted by atomic mass is 32.1. The Bertz CT molecular complexity index is 564. The van der Waals surface area contributed by atoms with Gasteiger partial charge in [-0.25, -0.2) is 14.4 Å². The molecule has 0 aromatic carbocycles. The predicted molar refractivity (Wildman–Crippen MR) is 66.5 cm³/mol. The number of rotatable bonds is 4. The molecular formula is C10H10N4O5S. The number of nitrogens with zero attached hydrogens (tertiary/aromatic N) is 1. The number of primary amides is 2. The largest absolute Gasteiger partial charge is 0.439 e. The van der Waals surface area contributed by atoms with Gasteiger partial charge in [0, 0.05) is 4.88 Å². The summed E-state index contributed by atoms with van der Waals surface area (Å²) in [4.78, 5) is 33.1. The summed E-state index contributed by atoms with van der Waals surface area (Å²) < 4.78 is 8.84. The van der Waals surface area contributed by atoms with Crippen LogP contribution in [0.3, 0.4) is 0 Å². The lowest BCUT2D eigenvalue weighted by atomic mass is 10.3. The molecule has 20 heavy (non-hydrogen) atoms. The third-order valence-electron chi connectivity index (χ3n) is 1.94. The van der Waals surface area contributed by atoms with E-state index in [-0.39, 0.29) is 6.54 Å². The summed E-state index contributed by atoms with van der Waals surface area (Å²) in [6.07, 6.45) is -4.31. The molecule has 0 spiro atoms. The Morgan fingerprint density at radius 1 is 1.35 bits per heavy atom. The first-order valence-electron chi connectivity index (χ1n) is 5.13. The SMILES string of the molecule is N#Cc1ccc(C(CNC(=O)OC(N)=O)OC(N)=O)s1. The molecule has 3 amide bonds. The Kier molecular flexibility index (Phi) is 5.31. The zero-order chi connectivity index (χ0) is 15.1. The number of hydrogen-bond donors (Lipinski definition) is 3. The van der Waals surface area contributed by atoms with E-state index in [1.54, 1.807) is 6.07 Å². The lowest BCUT2D eigenvalue weighted by molar-refractivity contribution is 0.104. The van der Waals surface area contributed by atoms with Gasteiger partial charge < -0.3 is 26.3 Å². The molecule has 1 aromatic rings. The molecule has 0 saturated carbocycles. The van der Waals surface area contributed by atoms with E-state index in [1.165, 1.54) is 6.07 Å². The summed E-state index contributed by atoms with van der Waals surface area (Å²) >= 11 is 1.07. The molecule has 9 nitrogen and oxygen atoms in total. The van der Waals surface area contributed by atoms with Gasteiger partial charge in [-0.3, -0.25) is 0 Å². The van der Waals surface area contributed by atoms with Gasteiger partial charge in [-0.15, -0.1) is 11.3 Å². The van der Waals surface area contributed by atoms with Gasteiger partial charge in [0.2, 0.25) is 0 Å². The summed E-state index contributed by atoms with van der Waals surface area (Å²) in [7, 11) is 0. The maximum atomic E-state index is 11.1. The number of amides is 3. The van der Waals surface area contributed by atoms with E-state index in [0.29, 0.717) is 9.75 Å². The second-order valence-electron chi connectivity index (χ2n) is 3.33. The summed E-state index contributed by atoms with van der Waals surface area (Å²) in [5.74, 6) is 0. The molecule has 0 aliphatic rings. The van der Waals surface area contributed by atoms with Crippen molar-refractivity contribution in [2.45, 2.75) is 6.10 Å². The lowest BCUT2D eigenvalue weighted by Gasteiger charge is -2.15. The summed E-state index contributed by atoms with van der Waals surface area (Å²) in [5.41, 5.74) is 9.57. The summed E-state index contributed by atoms with van der Waals surface area (Å²) in [6, 6.07) is 5.00. The van der Waals surface area contributed by atoms with Crippen molar-refractivity contribution < 1.29 is 23.9 Å². The monoisotopic (exact) mass is 298 g/mol. The normalized spacial score (nSPS) is 10.9. The van der Waals surface area contributed by atoms with Gasteiger partial charge in [0.05, 0.1) is 6.54 Å². The van der Waals surface area contributed by atoms with Crippen LogP contribution in [0.4, 0.5) is 14.4 Å². The number of alkyl carbamates (subject to hydrolysis) is 1. The van der Waals surface area contributed by atoms with E-state index in [1.807, 2.05) is 6.07 Å². The van der Waals surface area contributed by atoms with Crippen molar-refractivity contribution in [3.05, 3.63) is 21.9 Å². The third-order valence-corrected chi connectivity index (χ3v) is 3.02. The first-order valence-corrected chi connectivity index (χ1v) is 5.95. The Morgan fingerprint density at radius 3 is 2.55 bits per heavy atom. The van der Waals surface area contributed by atoms with Crippen LogP contribution >= 0.6 is 11.3 Å². The van der Waals surface area contributed by atoms with Crippen LogP contribution in [0.1, 0.15) is 15.9 Å². The molecule has 106 valence electrons. The molecule has 1 heterocycles. The smallest absolute Gasteiger partial charge is 0.416 e. The molecule has 10 heteroatoms. The third kappa shape index (κ3) is 4.83. The van der Waals surface area contributed by atoms with E-state index < -0.39 is 24.4 Å². The Balaban J connectivity index is 2.70. The zero-order valence-corrected chi connectivity index (χ0v) is 10.8. The molecule has 0 radical (unpaired) electrons. The average Bonchev–Trinajstić information content (AvgIpc) is 2.81. The minimum atomic E-state index is -1.27. The van der Waals surface area contributed by atoms with Gasteiger partial charge in [-0.1, -0.05) is 0 Å². The summed E-state index contributed by atoms with van der Waals surface area (Å²) in [5, 5.41) is 10.9. The van der Waals surface area contributed by atoms with Crippen LogP contribution in [0, 0.1) is 11.3 Å². The molecule has 1 rings (SSSR count). The van der Waals surface area contributed by atoms with E-state index in [0.717, 1.165) is 11.3 Å². The Morgan fingerprint density at radius 2 is 2.05 bits per heavy atom. The standard InChI is InChI=1S/C10H10N4O5S/c11-3-5-1-2-7(20-5)6(18-8(12)15)4-14-10(17)19-9(13)16/h1-2,6H,4H2,(H2,12,15)(H2,13,16)(H,14,17). The second kappa shape index (κ2) is 6.95. The van der Waals surface area contributed by atoms with Crippen LogP contribution in [0.25, 0.3) is 0 Å². The molecule has 1 atom stereocenters. The Labute approximate surface area is 117 Å². The van der Waals surface area contributed by atoms with Crippen molar-refractivity contribution in [2.24, 2.45) is 11.5 Å². The van der Waals surface area contributed by atoms with E-state index in [2.05, 4.69) is 15.8 Å². The lowest BCUT2D eigenvalue weighted by Crippen LogP contribution is -2.34. The van der Waals surface area contributed by atoms with Crippen LogP contribution in [-0.4, -0.2) is 24.8 Å². The van der Waals surface area contributed by atoms with E-state index >= 15 is 0 Å². The van der Waals surface area contributed by atoms with Crippen molar-refractivity contribution in [3.63, 3.8) is 0 Å². The minimum Gasteiger partial charge on any atom is -0.439 e. The van der Waals surface area contributed by atoms with E-state index in [9.17, 15) is 14.4 Å². The van der Waals surface area contributed by atoms with Gasteiger partial charge >= 0.3 is 18.3 Å². The quantitative estimate of drug-likeness (QED) is 0.689. The van der Waals surface area contributed by atoms with Gasteiger partial charge in [-0.05, 0) is 12.1 Å². The van der Waals surface area contributed by atoms with Gasteiger partial charge in [0.1, 0.15) is 10.9 Å². The average molecular weight is 298 g/mol. The van der Waals surface area contributed by atoms with Crippen LogP contribution < -0.4 is 16.8 Å². The van der Waals surface area contributed by atoms with Crippen molar-refractivity contribution in [3.8, 4) is 6.07 Å². The minimum absolute atomic E-state index is 0.194. The number of carbonyl (C=O) groups excluding carboxylic acids is 3. The molecule has 1 unspecified atom stereocenters. The molecule has 0 saturated heterocycles. The second-order valence-corrected chi connectivity index (χ2v) is 4.44. The van der Waals surface area contributed by atoms with Crippen LogP contribution in [0.2, 0.25) is 0 Å². The van der Waals surface area contributed by atoms with Crippen molar-refractivity contribution in [2.75, 3.05) is 6.54 Å². The van der Waals surface area contributed by atoms with Crippen molar-refractivity contribution in [1.82, 2.24) is 5.32 Å². The first kappa shape index (κ1) is 15.3. The van der Waals surface area contributed by atoms with Crippen molar-refractivity contribution in [1.29, 1.82) is 5.26 Å². The van der Waals surface area contributed by atoms with Crippen LogP contribution in [0.5, 0.6) is 0 Å². The molecule has 0 bridgehead atoms. The molecule has 0 aliphatic heterocycles. The highest BCUT2D eigenvalue weighted by Crippen LogP contribution is 2.25. The van der Waals surface area contributed by atoms with Gasteiger partial charge in [0.15, 0.2) is 6.10 Å². The Hall–Kier alpha value is -2.80. The molecule has 0 aliphatic carbocycles. The van der Waals surface area contributed by atoms with E-state index in [4.69, 9.17) is 15.7 Å². The van der Waals surface area contributed by atoms with Crippen molar-refractivity contribution >= 4 is 29.6 Å². The maximum absolute atomic E-state index is 11.1. The summed E-state index contributed by atoms with van der Waals surface area (Å²) in [6.45, 7) is -0.194. The fourth-order valence-electron chi connectivity index (χ4n) is 1.23. The topological polar surface area (TPSA) is 158 Å². The number of carbonyl (C=O) groups is 3. The molecule has 1 aromatic heterocycles. The van der Waals surface area contributed by atoms with Gasteiger partial charge in [-0.2, -0.15) is 5.26 Å². The maximum Gasteiger partial charge on any atom is 0.416 e. The number of nitrogens with two attached hydrogens (primary N) is 2. The highest BCUT2D eigenvalue weighted by Gasteiger charge is 2.19. The number of thiophene rings is 1. The molecule has 0 fully saturated rings. The van der Waals surface area contributed by atoms with Crippen LogP contribution in [0.15, 0.2) is 12.1 Å². The highest BCUT2D eigenvalue weighted by molar-refractivity contribution is 7.12. The van der Waals surface area contributed by atoms with Crippen LogP contribution in [-0.2, 0) is 9.47 Å². The fraction of sp³-hybridized carbons (Fsp3) is 0.200. The van der Waals surface area contributed by atoms with Gasteiger partial charge in [0.25, 0.3) is 0 Å². The number of nitriles is 1. The molecule has 5 N–H and O–H groups in total. The fourth-order valence-corrected chi connectivity index (χ4v) is 2.06. The number of hydrogen-bond acceptors (Lipinski definition) is 7. The number of nitrogens with one attached hydrogen (secondary N) is 1. The number of ether oxygens (including phenoxy) is 2. The zero-order valence-electron chi connectivity index (χ0n) is 9.99. The molecular weight excluding hydrogens is 288 g/mol.